The molecule has 1 aromatic carbocycles. The predicted octanol–water partition coefficient (Wildman–Crippen LogP) is 2.59. The molecule has 0 fully saturated rings. The molecule has 2 rings (SSSR count). The number of benzene rings is 1. The quantitative estimate of drug-likeness (QED) is 0.868. The second-order valence-electron chi connectivity index (χ2n) is 5.06. The molecule has 2 N–H and O–H groups in total. The molecule has 1 aromatic rings. The van der Waals surface area contributed by atoms with Crippen LogP contribution in [0.4, 0.5) is 18.0 Å². The second-order valence-corrected chi connectivity index (χ2v) is 5.06. The summed E-state index contributed by atoms with van der Waals surface area (Å²) in [4.78, 5) is 16.6. The lowest BCUT2D eigenvalue weighted by Gasteiger charge is -2.26. The van der Waals surface area contributed by atoms with Gasteiger partial charge >= 0.3 is 6.03 Å². The number of nitrogens with two attached hydrogens (primary N) is 1. The van der Waals surface area contributed by atoms with Gasteiger partial charge in [-0.25, -0.2) is 18.0 Å². The normalized spacial score (nSPS) is 18.9. The van der Waals surface area contributed by atoms with Gasteiger partial charge in [-0.05, 0) is 12.0 Å². The third-order valence-corrected chi connectivity index (χ3v) is 2.96. The van der Waals surface area contributed by atoms with Crippen molar-refractivity contribution in [2.24, 2.45) is 16.6 Å². The Kier molecular flexibility index (Phi) is 3.69. The summed E-state index contributed by atoms with van der Waals surface area (Å²) in [6.07, 6.45) is 0. The number of carbonyl (C=O) groups is 1. The fourth-order valence-electron chi connectivity index (χ4n) is 2.16. The van der Waals surface area contributed by atoms with Gasteiger partial charge < -0.3 is 10.6 Å². The van der Waals surface area contributed by atoms with Crippen LogP contribution in [-0.4, -0.2) is 23.3 Å². The molecule has 1 atom stereocenters. The van der Waals surface area contributed by atoms with Crippen molar-refractivity contribution < 1.29 is 18.0 Å². The van der Waals surface area contributed by atoms with E-state index in [-0.39, 0.29) is 23.9 Å². The van der Waals surface area contributed by atoms with E-state index in [2.05, 4.69) is 4.99 Å². The third-order valence-electron chi connectivity index (χ3n) is 2.96. The molecule has 0 radical (unpaired) electrons. The summed E-state index contributed by atoms with van der Waals surface area (Å²) in [6.45, 7) is 4.01. The molecular weight excluding hydrogens is 271 g/mol. The first-order valence-electron chi connectivity index (χ1n) is 6.10. The van der Waals surface area contributed by atoms with Crippen LogP contribution in [0.15, 0.2) is 17.1 Å². The van der Waals surface area contributed by atoms with E-state index in [9.17, 15) is 18.0 Å². The first kappa shape index (κ1) is 14.4. The van der Waals surface area contributed by atoms with Gasteiger partial charge in [0.15, 0.2) is 11.6 Å². The Morgan fingerprint density at radius 2 is 1.85 bits per heavy atom. The van der Waals surface area contributed by atoms with Crippen LogP contribution in [0.1, 0.15) is 25.5 Å². The van der Waals surface area contributed by atoms with Gasteiger partial charge in [-0.15, -0.1) is 0 Å². The molecule has 0 saturated heterocycles. The zero-order chi connectivity index (χ0) is 15.0. The Labute approximate surface area is 114 Å². The van der Waals surface area contributed by atoms with Gasteiger partial charge in [-0.3, -0.25) is 0 Å². The average Bonchev–Trinajstić information content (AvgIpc) is 2.59. The zero-order valence-electron chi connectivity index (χ0n) is 11.0. The van der Waals surface area contributed by atoms with E-state index >= 15 is 0 Å². The van der Waals surface area contributed by atoms with E-state index in [4.69, 9.17) is 5.73 Å². The summed E-state index contributed by atoms with van der Waals surface area (Å²) in [6, 6.07) is -0.455. The van der Waals surface area contributed by atoms with Crippen molar-refractivity contribution >= 4 is 11.9 Å². The Morgan fingerprint density at radius 1 is 1.25 bits per heavy atom. The smallest absolute Gasteiger partial charge is 0.346 e. The molecule has 1 aliphatic heterocycles. The molecule has 0 saturated carbocycles. The number of nitrogens with zero attached hydrogens (tertiary/aromatic N) is 2. The van der Waals surface area contributed by atoms with Crippen molar-refractivity contribution in [2.75, 3.05) is 6.54 Å². The molecular formula is C13H14F3N3O. The number of hydrogen-bond donors (Lipinski definition) is 1. The molecule has 0 aliphatic carbocycles. The Balaban J connectivity index is 2.46. The summed E-state index contributed by atoms with van der Waals surface area (Å²) in [5.74, 6) is -3.48. The van der Waals surface area contributed by atoms with Crippen LogP contribution in [0.25, 0.3) is 0 Å². The highest BCUT2D eigenvalue weighted by molar-refractivity contribution is 6.03. The molecule has 1 aliphatic rings. The minimum absolute atomic E-state index is 0.0934. The third kappa shape index (κ3) is 2.48. The summed E-state index contributed by atoms with van der Waals surface area (Å²) in [5.41, 5.74) is 5.43. The Hall–Kier alpha value is -2.05. The Morgan fingerprint density at radius 3 is 2.45 bits per heavy atom. The van der Waals surface area contributed by atoms with E-state index < -0.39 is 29.5 Å². The van der Waals surface area contributed by atoms with Crippen LogP contribution in [0.5, 0.6) is 0 Å². The average molecular weight is 285 g/mol. The standard InChI is InChI=1S/C13H14F3N3O/c1-6(2)5-19-11(12(17)18-13(19)20)7-3-9(15)10(16)4-8(7)14/h3-4,6,11H,5H2,1-2H3,(H2,17,18,20). The van der Waals surface area contributed by atoms with Crippen molar-refractivity contribution in [3.63, 3.8) is 0 Å². The lowest BCUT2D eigenvalue weighted by Crippen LogP contribution is -2.36. The van der Waals surface area contributed by atoms with Crippen LogP contribution in [-0.2, 0) is 0 Å². The van der Waals surface area contributed by atoms with E-state index in [1.54, 1.807) is 0 Å². The molecule has 1 heterocycles. The van der Waals surface area contributed by atoms with Crippen LogP contribution < -0.4 is 5.73 Å². The van der Waals surface area contributed by atoms with E-state index in [1.165, 1.54) is 4.90 Å². The van der Waals surface area contributed by atoms with Crippen LogP contribution in [0.2, 0.25) is 0 Å². The number of amides is 2. The molecule has 2 amide bonds. The van der Waals surface area contributed by atoms with E-state index in [0.29, 0.717) is 12.1 Å². The Bertz CT molecular complexity index is 586. The van der Waals surface area contributed by atoms with E-state index in [1.807, 2.05) is 13.8 Å². The van der Waals surface area contributed by atoms with Crippen molar-refractivity contribution in [1.29, 1.82) is 0 Å². The first-order chi connectivity index (χ1) is 9.31. The summed E-state index contributed by atoms with van der Waals surface area (Å²) < 4.78 is 40.1. The first-order valence-corrected chi connectivity index (χ1v) is 6.10. The molecule has 7 heteroatoms. The van der Waals surface area contributed by atoms with Gasteiger partial charge in [-0.1, -0.05) is 13.8 Å². The molecule has 4 nitrogen and oxygen atoms in total. The van der Waals surface area contributed by atoms with Crippen LogP contribution in [0.3, 0.4) is 0 Å². The lowest BCUT2D eigenvalue weighted by molar-refractivity contribution is 0.198. The van der Waals surface area contributed by atoms with Gasteiger partial charge in [0.2, 0.25) is 0 Å². The zero-order valence-corrected chi connectivity index (χ0v) is 11.0. The number of halogens is 3. The number of carbonyl (C=O) groups excluding carboxylic acids is 1. The SMILES string of the molecule is CC(C)CN1C(=O)N=C(N)C1c1cc(F)c(F)cc1F. The highest BCUT2D eigenvalue weighted by Crippen LogP contribution is 2.30. The summed E-state index contributed by atoms with van der Waals surface area (Å²) in [5, 5.41) is 0. The number of amidine groups is 1. The fourth-order valence-corrected chi connectivity index (χ4v) is 2.16. The second kappa shape index (κ2) is 5.15. The van der Waals surface area contributed by atoms with Crippen LogP contribution in [0, 0.1) is 23.4 Å². The number of hydrogen-bond acceptors (Lipinski definition) is 2. The lowest BCUT2D eigenvalue weighted by atomic mass is 10.0. The highest BCUT2D eigenvalue weighted by atomic mass is 19.2. The summed E-state index contributed by atoms with van der Waals surface area (Å²) in [7, 11) is 0. The maximum atomic E-state index is 13.8. The fraction of sp³-hybridized carbons (Fsp3) is 0.385. The van der Waals surface area contributed by atoms with Gasteiger partial charge in [0.25, 0.3) is 0 Å². The van der Waals surface area contributed by atoms with Gasteiger partial charge in [0.1, 0.15) is 17.7 Å². The highest BCUT2D eigenvalue weighted by Gasteiger charge is 2.37. The predicted molar refractivity (Wildman–Crippen MR) is 67.6 cm³/mol. The molecule has 20 heavy (non-hydrogen) atoms. The van der Waals surface area contributed by atoms with Crippen molar-refractivity contribution in [3.05, 3.63) is 35.1 Å². The van der Waals surface area contributed by atoms with E-state index in [0.717, 1.165) is 0 Å². The molecule has 1 unspecified atom stereocenters. The van der Waals surface area contributed by atoms with Gasteiger partial charge in [0, 0.05) is 18.2 Å². The minimum Gasteiger partial charge on any atom is -0.385 e. The number of rotatable bonds is 3. The van der Waals surface area contributed by atoms with Gasteiger partial charge in [-0.2, -0.15) is 4.99 Å². The van der Waals surface area contributed by atoms with Crippen molar-refractivity contribution in [1.82, 2.24) is 4.90 Å². The topological polar surface area (TPSA) is 58.7 Å². The largest absolute Gasteiger partial charge is 0.385 e. The molecule has 0 spiro atoms. The van der Waals surface area contributed by atoms with Gasteiger partial charge in [0.05, 0.1) is 0 Å². The maximum absolute atomic E-state index is 13.8. The molecule has 108 valence electrons. The monoisotopic (exact) mass is 285 g/mol. The maximum Gasteiger partial charge on any atom is 0.346 e. The van der Waals surface area contributed by atoms with Crippen LogP contribution >= 0.6 is 0 Å². The number of aliphatic imine (C=N–C) groups is 1. The minimum atomic E-state index is -1.29. The molecule has 0 aromatic heterocycles. The number of urea groups is 1. The van der Waals surface area contributed by atoms with Crippen molar-refractivity contribution in [2.45, 2.75) is 19.9 Å². The molecule has 0 bridgehead atoms. The van der Waals surface area contributed by atoms with Crippen molar-refractivity contribution in [3.8, 4) is 0 Å². The summed E-state index contributed by atoms with van der Waals surface area (Å²) >= 11 is 0.